The minimum Gasteiger partial charge on any atom is -0.336 e. The van der Waals surface area contributed by atoms with Crippen molar-refractivity contribution in [3.05, 3.63) is 101 Å². The van der Waals surface area contributed by atoms with Gasteiger partial charge in [-0.3, -0.25) is 19.4 Å². The van der Waals surface area contributed by atoms with Gasteiger partial charge in [0.15, 0.2) is 0 Å². The number of nitrogens with one attached hydrogen (secondary N) is 1. The van der Waals surface area contributed by atoms with Gasteiger partial charge in [-0.25, -0.2) is 8.42 Å². The summed E-state index contributed by atoms with van der Waals surface area (Å²) >= 11 is 6.28. The number of amides is 1. The lowest BCUT2D eigenvalue weighted by Crippen LogP contribution is -2.48. The van der Waals surface area contributed by atoms with E-state index in [1.165, 1.54) is 6.07 Å². The Kier molecular flexibility index (Phi) is 6.91. The number of carbonyl (C=O) groups is 1. The second kappa shape index (κ2) is 10.3. The normalized spacial score (nSPS) is 14.6. The summed E-state index contributed by atoms with van der Waals surface area (Å²) in [6, 6.07) is 22.9. The van der Waals surface area contributed by atoms with Crippen LogP contribution in [0.3, 0.4) is 0 Å². The molecule has 3 aromatic carbocycles. The van der Waals surface area contributed by atoms with Crippen LogP contribution >= 0.6 is 11.6 Å². The number of hydrogen-bond donors (Lipinski definition) is 1. The number of carbonyl (C=O) groups excluding carboxylic acids is 1. The highest BCUT2D eigenvalue weighted by Crippen LogP contribution is 2.24. The summed E-state index contributed by atoms with van der Waals surface area (Å²) in [5, 5.41) is 1.50. The number of aromatic nitrogens is 1. The van der Waals surface area contributed by atoms with Crippen molar-refractivity contribution in [1.29, 1.82) is 0 Å². The molecule has 0 radical (unpaired) electrons. The second-order valence-electron chi connectivity index (χ2n) is 8.67. The van der Waals surface area contributed by atoms with Gasteiger partial charge in [-0.1, -0.05) is 48.0 Å². The minimum atomic E-state index is -3.85. The van der Waals surface area contributed by atoms with Gasteiger partial charge in [0.1, 0.15) is 4.90 Å². The van der Waals surface area contributed by atoms with Gasteiger partial charge < -0.3 is 4.90 Å². The summed E-state index contributed by atoms with van der Waals surface area (Å²) < 4.78 is 28.6. The van der Waals surface area contributed by atoms with Crippen LogP contribution in [-0.4, -0.2) is 55.3 Å². The van der Waals surface area contributed by atoms with E-state index >= 15 is 0 Å². The van der Waals surface area contributed by atoms with E-state index in [-0.39, 0.29) is 10.8 Å². The first-order valence-electron chi connectivity index (χ1n) is 11.6. The number of halogens is 1. The zero-order chi connectivity index (χ0) is 25.1. The lowest BCUT2D eigenvalue weighted by molar-refractivity contribution is 0.0628. The topological polar surface area (TPSA) is 82.6 Å². The quantitative estimate of drug-likeness (QED) is 0.400. The average molecular weight is 521 g/mol. The Balaban J connectivity index is 1.22. The molecule has 36 heavy (non-hydrogen) atoms. The predicted octanol–water partition coefficient (Wildman–Crippen LogP) is 4.65. The van der Waals surface area contributed by atoms with Crippen LogP contribution < -0.4 is 4.72 Å². The molecule has 5 rings (SSSR count). The van der Waals surface area contributed by atoms with Crippen LogP contribution in [0.25, 0.3) is 10.9 Å². The van der Waals surface area contributed by atoms with Crippen LogP contribution in [0.4, 0.5) is 5.69 Å². The molecule has 0 spiro atoms. The highest BCUT2D eigenvalue weighted by Gasteiger charge is 2.23. The fourth-order valence-corrected chi connectivity index (χ4v) is 5.78. The van der Waals surface area contributed by atoms with Crippen LogP contribution in [0.5, 0.6) is 0 Å². The molecule has 4 aromatic rings. The molecule has 0 atom stereocenters. The van der Waals surface area contributed by atoms with Crippen LogP contribution in [0, 0.1) is 0 Å². The standard InChI is InChI=1S/C27H25ClN4O3S/c28-24-8-2-1-5-22(24)19-31-15-17-32(18-16-31)27(33)21-10-12-23(13-11-21)30-36(34,35)25-9-3-6-20-7-4-14-29-26(20)25/h1-14,30H,15-19H2. The molecule has 0 unspecified atom stereocenters. The summed E-state index contributed by atoms with van der Waals surface area (Å²) in [5.41, 5.74) is 2.39. The molecule has 2 heterocycles. The third kappa shape index (κ3) is 5.21. The van der Waals surface area contributed by atoms with Crippen molar-refractivity contribution in [1.82, 2.24) is 14.8 Å². The second-order valence-corrected chi connectivity index (χ2v) is 10.7. The SMILES string of the molecule is O=C(c1ccc(NS(=O)(=O)c2cccc3cccnc23)cc1)N1CCN(Cc2ccccc2Cl)CC1. The molecule has 1 fully saturated rings. The van der Waals surface area contributed by atoms with Crippen molar-refractivity contribution in [3.8, 4) is 0 Å². The molecule has 1 amide bonds. The van der Waals surface area contributed by atoms with Crippen LogP contribution in [-0.2, 0) is 16.6 Å². The largest absolute Gasteiger partial charge is 0.336 e. The van der Waals surface area contributed by atoms with Crippen molar-refractivity contribution in [2.24, 2.45) is 0 Å². The zero-order valence-electron chi connectivity index (χ0n) is 19.5. The Labute approximate surface area is 215 Å². The Morgan fingerprint density at radius 2 is 1.61 bits per heavy atom. The number of para-hydroxylation sites is 1. The maximum atomic E-state index is 13.0. The number of nitrogens with zero attached hydrogens (tertiary/aromatic N) is 3. The molecule has 1 aliphatic heterocycles. The lowest BCUT2D eigenvalue weighted by Gasteiger charge is -2.35. The summed E-state index contributed by atoms with van der Waals surface area (Å²) in [6.07, 6.45) is 1.57. The Bertz CT molecular complexity index is 1500. The van der Waals surface area contributed by atoms with E-state index in [1.54, 1.807) is 42.6 Å². The summed E-state index contributed by atoms with van der Waals surface area (Å²) in [4.78, 5) is 21.5. The number of hydrogen-bond acceptors (Lipinski definition) is 5. The predicted molar refractivity (Wildman–Crippen MR) is 142 cm³/mol. The monoisotopic (exact) mass is 520 g/mol. The molecule has 1 N–H and O–H groups in total. The Hall–Kier alpha value is -3.46. The number of pyridine rings is 1. The van der Waals surface area contributed by atoms with Crippen LogP contribution in [0.15, 0.2) is 90.0 Å². The molecule has 0 aliphatic carbocycles. The fraction of sp³-hybridized carbons (Fsp3) is 0.185. The van der Waals surface area contributed by atoms with Crippen molar-refractivity contribution in [2.75, 3.05) is 30.9 Å². The number of sulfonamides is 1. The third-order valence-corrected chi connectivity index (χ3v) is 8.06. The van der Waals surface area contributed by atoms with E-state index in [0.717, 1.165) is 35.6 Å². The van der Waals surface area contributed by atoms with Gasteiger partial charge >= 0.3 is 0 Å². The Morgan fingerprint density at radius 1 is 0.889 bits per heavy atom. The molecule has 1 aromatic heterocycles. The van der Waals surface area contributed by atoms with Crippen molar-refractivity contribution in [3.63, 3.8) is 0 Å². The molecule has 7 nitrogen and oxygen atoms in total. The van der Waals surface area contributed by atoms with Crippen molar-refractivity contribution < 1.29 is 13.2 Å². The van der Waals surface area contributed by atoms with Gasteiger partial charge in [0.2, 0.25) is 0 Å². The van der Waals surface area contributed by atoms with E-state index < -0.39 is 10.0 Å². The van der Waals surface area contributed by atoms with Gasteiger partial charge in [0, 0.05) is 60.6 Å². The smallest absolute Gasteiger partial charge is 0.264 e. The lowest BCUT2D eigenvalue weighted by atomic mass is 10.1. The number of benzene rings is 3. The van der Waals surface area contributed by atoms with E-state index in [2.05, 4.69) is 14.6 Å². The molecule has 1 aliphatic rings. The highest BCUT2D eigenvalue weighted by molar-refractivity contribution is 7.93. The van der Waals surface area contributed by atoms with Gasteiger partial charge in [0.05, 0.1) is 5.52 Å². The summed E-state index contributed by atoms with van der Waals surface area (Å²) in [5.74, 6) is -0.0694. The maximum Gasteiger partial charge on any atom is 0.264 e. The Morgan fingerprint density at radius 3 is 2.36 bits per heavy atom. The molecular weight excluding hydrogens is 496 g/mol. The van der Waals surface area contributed by atoms with E-state index in [1.807, 2.05) is 41.3 Å². The molecule has 9 heteroatoms. The molecule has 0 saturated carbocycles. The maximum absolute atomic E-state index is 13.0. The highest BCUT2D eigenvalue weighted by atomic mass is 35.5. The third-order valence-electron chi connectivity index (χ3n) is 6.28. The van der Waals surface area contributed by atoms with E-state index in [0.29, 0.717) is 29.9 Å². The van der Waals surface area contributed by atoms with Gasteiger partial charge in [-0.05, 0) is 48.0 Å². The first-order chi connectivity index (χ1) is 17.4. The number of piperazine rings is 1. The van der Waals surface area contributed by atoms with Gasteiger partial charge in [-0.2, -0.15) is 0 Å². The van der Waals surface area contributed by atoms with E-state index in [4.69, 9.17) is 11.6 Å². The summed E-state index contributed by atoms with van der Waals surface area (Å²) in [6.45, 7) is 3.50. The molecule has 184 valence electrons. The van der Waals surface area contributed by atoms with Crippen LogP contribution in [0.2, 0.25) is 5.02 Å². The molecular formula is C27H25ClN4O3S. The average Bonchev–Trinajstić information content (AvgIpc) is 2.90. The van der Waals surface area contributed by atoms with E-state index in [9.17, 15) is 13.2 Å². The molecule has 0 bridgehead atoms. The molecule has 1 saturated heterocycles. The summed E-state index contributed by atoms with van der Waals surface area (Å²) in [7, 11) is -3.85. The van der Waals surface area contributed by atoms with Gasteiger partial charge in [0.25, 0.3) is 15.9 Å². The number of rotatable bonds is 6. The van der Waals surface area contributed by atoms with Gasteiger partial charge in [-0.15, -0.1) is 0 Å². The van der Waals surface area contributed by atoms with Crippen molar-refractivity contribution >= 4 is 44.1 Å². The number of fused-ring (bicyclic) bond motifs is 1. The zero-order valence-corrected chi connectivity index (χ0v) is 21.0. The van der Waals surface area contributed by atoms with Crippen molar-refractivity contribution in [2.45, 2.75) is 11.4 Å². The van der Waals surface area contributed by atoms with Crippen LogP contribution in [0.1, 0.15) is 15.9 Å². The first-order valence-corrected chi connectivity index (χ1v) is 13.5. The minimum absolute atomic E-state index is 0.0694. The fourth-order valence-electron chi connectivity index (χ4n) is 4.34. The number of anilines is 1. The first kappa shape index (κ1) is 24.2.